The van der Waals surface area contributed by atoms with E-state index in [1.54, 1.807) is 25.1 Å². The number of carbonyl (C=O) groups is 3. The minimum atomic E-state index is -0.506. The van der Waals surface area contributed by atoms with Crippen molar-refractivity contribution >= 4 is 17.6 Å². The van der Waals surface area contributed by atoms with E-state index in [-0.39, 0.29) is 11.5 Å². The molecular formula is C23H29N3O5. The van der Waals surface area contributed by atoms with E-state index in [2.05, 4.69) is 29.7 Å². The zero-order valence-corrected chi connectivity index (χ0v) is 18.4. The van der Waals surface area contributed by atoms with Crippen LogP contribution in [0.3, 0.4) is 0 Å². The number of amides is 2. The lowest BCUT2D eigenvalue weighted by Gasteiger charge is -2.13. The monoisotopic (exact) mass is 427 g/mol. The van der Waals surface area contributed by atoms with Gasteiger partial charge in [0.05, 0.1) is 13.7 Å². The van der Waals surface area contributed by atoms with E-state index in [0.717, 1.165) is 25.0 Å². The number of hydrogen-bond donors (Lipinski definition) is 3. The summed E-state index contributed by atoms with van der Waals surface area (Å²) in [5, 5.41) is 0. The van der Waals surface area contributed by atoms with E-state index in [9.17, 15) is 14.4 Å². The molecule has 0 bridgehead atoms. The third-order valence-electron chi connectivity index (χ3n) is 5.33. The molecule has 166 valence electrons. The number of nitrogens with one attached hydrogen (secondary N) is 3. The Morgan fingerprint density at radius 3 is 2.55 bits per heavy atom. The summed E-state index contributed by atoms with van der Waals surface area (Å²) < 4.78 is 11.1. The zero-order valence-electron chi connectivity index (χ0n) is 18.4. The number of ether oxygens (including phenoxy) is 2. The number of fused-ring (bicyclic) bond motifs is 1. The minimum absolute atomic E-state index is 0.0425. The second kappa shape index (κ2) is 9.68. The zero-order chi connectivity index (χ0) is 22.5. The standard InChI is InChI=1S/C23H29N3O5/c1-13(2)10-11-31-18-9-8-15(12-19(18)30-4)22(28)25-26-23(29)21-14(3)20-16(24-21)6-5-7-17(20)27/h8-9,12-13,24H,5-7,10-11H2,1-4H3,(H,25,28)(H,26,29). The molecule has 0 fully saturated rings. The van der Waals surface area contributed by atoms with Crippen molar-refractivity contribution in [2.24, 2.45) is 5.92 Å². The Morgan fingerprint density at radius 2 is 1.87 bits per heavy atom. The summed E-state index contributed by atoms with van der Waals surface area (Å²) in [5.74, 6) is 0.557. The number of methoxy groups -OCH3 is 1. The fourth-order valence-electron chi connectivity index (χ4n) is 3.58. The molecule has 31 heavy (non-hydrogen) atoms. The van der Waals surface area contributed by atoms with E-state index >= 15 is 0 Å². The van der Waals surface area contributed by atoms with Gasteiger partial charge in [-0.15, -0.1) is 0 Å². The molecule has 1 aromatic heterocycles. The van der Waals surface area contributed by atoms with Gasteiger partial charge in [0.2, 0.25) is 0 Å². The molecule has 0 unspecified atom stereocenters. The van der Waals surface area contributed by atoms with Crippen molar-refractivity contribution in [3.05, 3.63) is 46.3 Å². The number of H-pyrrole nitrogens is 1. The smallest absolute Gasteiger partial charge is 0.286 e. The number of carbonyl (C=O) groups excluding carboxylic acids is 3. The third kappa shape index (κ3) is 5.07. The molecule has 0 saturated heterocycles. The molecule has 0 atom stereocenters. The van der Waals surface area contributed by atoms with Crippen molar-refractivity contribution in [3.8, 4) is 11.5 Å². The lowest BCUT2D eigenvalue weighted by atomic mass is 9.94. The molecule has 0 aliphatic heterocycles. The normalized spacial score (nSPS) is 13.0. The van der Waals surface area contributed by atoms with Gasteiger partial charge < -0.3 is 14.5 Å². The van der Waals surface area contributed by atoms with Gasteiger partial charge in [-0.2, -0.15) is 0 Å². The number of aromatic nitrogens is 1. The van der Waals surface area contributed by atoms with Gasteiger partial charge in [-0.05, 0) is 55.9 Å². The Bertz CT molecular complexity index is 993. The number of benzene rings is 1. The summed E-state index contributed by atoms with van der Waals surface area (Å²) in [6.07, 6.45) is 2.89. The summed E-state index contributed by atoms with van der Waals surface area (Å²) >= 11 is 0. The molecule has 0 radical (unpaired) electrons. The van der Waals surface area contributed by atoms with Crippen molar-refractivity contribution < 1.29 is 23.9 Å². The molecule has 3 N–H and O–H groups in total. The maximum Gasteiger partial charge on any atom is 0.286 e. The maximum absolute atomic E-state index is 12.6. The molecule has 8 nitrogen and oxygen atoms in total. The average molecular weight is 428 g/mol. The molecular weight excluding hydrogens is 398 g/mol. The summed E-state index contributed by atoms with van der Waals surface area (Å²) in [7, 11) is 1.51. The Hall–Kier alpha value is -3.29. The highest BCUT2D eigenvalue weighted by molar-refractivity contribution is 6.05. The van der Waals surface area contributed by atoms with Gasteiger partial charge in [0.25, 0.3) is 11.8 Å². The van der Waals surface area contributed by atoms with E-state index in [0.29, 0.717) is 47.1 Å². The van der Waals surface area contributed by atoms with Crippen LogP contribution in [0.4, 0.5) is 0 Å². The van der Waals surface area contributed by atoms with Crippen LogP contribution in [0.15, 0.2) is 18.2 Å². The lowest BCUT2D eigenvalue weighted by Crippen LogP contribution is -2.42. The van der Waals surface area contributed by atoms with Crippen LogP contribution in [-0.4, -0.2) is 36.3 Å². The first-order valence-electron chi connectivity index (χ1n) is 10.5. The number of aryl methyl sites for hydroxylation is 1. The van der Waals surface area contributed by atoms with Gasteiger partial charge in [-0.3, -0.25) is 25.2 Å². The largest absolute Gasteiger partial charge is 0.493 e. The van der Waals surface area contributed by atoms with E-state index in [1.807, 2.05) is 0 Å². The molecule has 1 aliphatic carbocycles. The number of rotatable bonds is 7. The van der Waals surface area contributed by atoms with Gasteiger partial charge in [-0.25, -0.2) is 0 Å². The van der Waals surface area contributed by atoms with Crippen LogP contribution in [-0.2, 0) is 6.42 Å². The predicted octanol–water partition coefficient (Wildman–Crippen LogP) is 3.35. The SMILES string of the molecule is COc1cc(C(=O)NNC(=O)c2[nH]c3c(c2C)C(=O)CCC3)ccc1OCCC(C)C. The lowest BCUT2D eigenvalue weighted by molar-refractivity contribution is 0.0843. The Balaban J connectivity index is 1.64. The fraction of sp³-hybridized carbons (Fsp3) is 0.435. The Kier molecular flexibility index (Phi) is 6.99. The van der Waals surface area contributed by atoms with Gasteiger partial charge in [0.1, 0.15) is 5.69 Å². The van der Waals surface area contributed by atoms with Gasteiger partial charge in [0.15, 0.2) is 17.3 Å². The molecule has 2 aromatic rings. The number of ketones is 1. The van der Waals surface area contributed by atoms with E-state index in [4.69, 9.17) is 9.47 Å². The Morgan fingerprint density at radius 1 is 1.13 bits per heavy atom. The van der Waals surface area contributed by atoms with Gasteiger partial charge in [-0.1, -0.05) is 13.8 Å². The first-order valence-corrected chi connectivity index (χ1v) is 10.5. The number of hydrazine groups is 1. The average Bonchev–Trinajstić information content (AvgIpc) is 3.09. The van der Waals surface area contributed by atoms with Gasteiger partial charge >= 0.3 is 0 Å². The van der Waals surface area contributed by atoms with Crippen molar-refractivity contribution in [2.45, 2.75) is 46.5 Å². The molecule has 3 rings (SSSR count). The summed E-state index contributed by atoms with van der Waals surface area (Å²) in [6, 6.07) is 4.83. The topological polar surface area (TPSA) is 110 Å². The number of aromatic amines is 1. The van der Waals surface area contributed by atoms with Crippen LogP contribution in [0.2, 0.25) is 0 Å². The summed E-state index contributed by atoms with van der Waals surface area (Å²) in [5.41, 5.74) is 7.39. The second-order valence-electron chi connectivity index (χ2n) is 8.06. The summed E-state index contributed by atoms with van der Waals surface area (Å²) in [4.78, 5) is 40.2. The second-order valence-corrected chi connectivity index (χ2v) is 8.06. The van der Waals surface area contributed by atoms with Crippen LogP contribution in [0.5, 0.6) is 11.5 Å². The minimum Gasteiger partial charge on any atom is -0.493 e. The first-order chi connectivity index (χ1) is 14.8. The van der Waals surface area contributed by atoms with Crippen LogP contribution in [0, 0.1) is 12.8 Å². The third-order valence-corrected chi connectivity index (χ3v) is 5.33. The molecule has 1 aromatic carbocycles. The van der Waals surface area contributed by atoms with Crippen molar-refractivity contribution in [1.29, 1.82) is 0 Å². The maximum atomic E-state index is 12.6. The highest BCUT2D eigenvalue weighted by atomic mass is 16.5. The van der Waals surface area contributed by atoms with Crippen LogP contribution in [0.25, 0.3) is 0 Å². The highest BCUT2D eigenvalue weighted by Gasteiger charge is 2.26. The molecule has 2 amide bonds. The first kappa shape index (κ1) is 22.4. The highest BCUT2D eigenvalue weighted by Crippen LogP contribution is 2.29. The number of Topliss-reactive ketones (excluding diaryl/α,β-unsaturated/α-hetero) is 1. The fourth-order valence-corrected chi connectivity index (χ4v) is 3.58. The van der Waals surface area contributed by atoms with E-state index in [1.165, 1.54) is 7.11 Å². The molecule has 1 heterocycles. The van der Waals surface area contributed by atoms with Crippen LogP contribution >= 0.6 is 0 Å². The Labute approximate surface area is 181 Å². The number of hydrogen-bond acceptors (Lipinski definition) is 5. The molecule has 0 saturated carbocycles. The van der Waals surface area contributed by atoms with Crippen LogP contribution < -0.4 is 20.3 Å². The predicted molar refractivity (Wildman–Crippen MR) is 116 cm³/mol. The quantitative estimate of drug-likeness (QED) is 0.587. The molecule has 8 heteroatoms. The molecule has 1 aliphatic rings. The van der Waals surface area contributed by atoms with E-state index < -0.39 is 11.8 Å². The van der Waals surface area contributed by atoms with Gasteiger partial charge in [0, 0.05) is 23.2 Å². The van der Waals surface area contributed by atoms with Crippen LogP contribution in [0.1, 0.15) is 75.6 Å². The van der Waals surface area contributed by atoms with Crippen molar-refractivity contribution in [2.75, 3.05) is 13.7 Å². The van der Waals surface area contributed by atoms with Crippen molar-refractivity contribution in [1.82, 2.24) is 15.8 Å². The molecule has 0 spiro atoms. The van der Waals surface area contributed by atoms with Crippen molar-refractivity contribution in [3.63, 3.8) is 0 Å². The summed E-state index contributed by atoms with van der Waals surface area (Å²) in [6.45, 7) is 6.52.